The van der Waals surface area contributed by atoms with Gasteiger partial charge in [-0.3, -0.25) is 0 Å². The second-order valence-electron chi connectivity index (χ2n) is 2.80. The molecule has 0 radical (unpaired) electrons. The average molecular weight is 226 g/mol. The van der Waals surface area contributed by atoms with Crippen LogP contribution in [0.25, 0.3) is 10.1 Å². The summed E-state index contributed by atoms with van der Waals surface area (Å²) in [5.74, 6) is -0.865. The highest BCUT2D eigenvalue weighted by molar-refractivity contribution is 7.80. The number of carboxylic acids is 1. The molecule has 5 heteroatoms. The van der Waals surface area contributed by atoms with Crippen molar-refractivity contribution in [3.05, 3.63) is 23.1 Å². The monoisotopic (exact) mass is 226 g/mol. The molecule has 0 bridgehead atoms. The van der Waals surface area contributed by atoms with Crippen molar-refractivity contribution in [3.63, 3.8) is 0 Å². The fourth-order valence-corrected chi connectivity index (χ4v) is 2.52. The topological polar surface area (TPSA) is 57.5 Å². The molecule has 2 rings (SSSR count). The SMILES string of the molecule is O=C(O)c1cc2cc(O)cc(S)c2s1. The van der Waals surface area contributed by atoms with Crippen LogP contribution in [0, 0.1) is 0 Å². The lowest BCUT2D eigenvalue weighted by Crippen LogP contribution is -1.89. The standard InChI is InChI=1S/C9H6O3S2/c10-5-1-4-2-7(9(11)12)14-8(4)6(13)3-5/h1-3,10,13H,(H,11,12). The van der Waals surface area contributed by atoms with E-state index >= 15 is 0 Å². The van der Waals surface area contributed by atoms with Gasteiger partial charge in [0, 0.05) is 9.60 Å². The zero-order valence-corrected chi connectivity index (χ0v) is 8.60. The molecular weight excluding hydrogens is 220 g/mol. The van der Waals surface area contributed by atoms with Gasteiger partial charge in [0.15, 0.2) is 0 Å². The summed E-state index contributed by atoms with van der Waals surface area (Å²) in [5.41, 5.74) is 0. The Morgan fingerprint density at radius 1 is 1.36 bits per heavy atom. The summed E-state index contributed by atoms with van der Waals surface area (Å²) in [6.07, 6.45) is 0. The summed E-state index contributed by atoms with van der Waals surface area (Å²) >= 11 is 5.31. The third-order valence-corrected chi connectivity index (χ3v) is 3.47. The fourth-order valence-electron chi connectivity index (χ4n) is 1.22. The van der Waals surface area contributed by atoms with Gasteiger partial charge >= 0.3 is 5.97 Å². The molecule has 0 unspecified atom stereocenters. The number of hydrogen-bond donors (Lipinski definition) is 3. The van der Waals surface area contributed by atoms with Crippen LogP contribution in [0.4, 0.5) is 0 Å². The molecule has 72 valence electrons. The minimum atomic E-state index is -0.960. The largest absolute Gasteiger partial charge is 0.508 e. The van der Waals surface area contributed by atoms with Gasteiger partial charge < -0.3 is 10.2 Å². The van der Waals surface area contributed by atoms with Gasteiger partial charge in [-0.2, -0.15) is 0 Å². The number of carbonyl (C=O) groups is 1. The highest BCUT2D eigenvalue weighted by atomic mass is 32.1. The Bertz CT molecular complexity index is 516. The van der Waals surface area contributed by atoms with Crippen LogP contribution in [0.5, 0.6) is 5.75 Å². The summed E-state index contributed by atoms with van der Waals surface area (Å²) in [7, 11) is 0. The van der Waals surface area contributed by atoms with Crippen LogP contribution in [-0.2, 0) is 0 Å². The van der Waals surface area contributed by atoms with Crippen molar-refractivity contribution < 1.29 is 15.0 Å². The predicted molar refractivity (Wildman–Crippen MR) is 57.7 cm³/mol. The molecular formula is C9H6O3S2. The van der Waals surface area contributed by atoms with Crippen LogP contribution in [0.3, 0.4) is 0 Å². The van der Waals surface area contributed by atoms with Gasteiger partial charge in [-0.05, 0) is 23.6 Å². The van der Waals surface area contributed by atoms with Crippen LogP contribution >= 0.6 is 24.0 Å². The number of rotatable bonds is 1. The quantitative estimate of drug-likeness (QED) is 0.655. The lowest BCUT2D eigenvalue weighted by atomic mass is 10.2. The van der Waals surface area contributed by atoms with Gasteiger partial charge in [0.05, 0.1) is 0 Å². The lowest BCUT2D eigenvalue weighted by Gasteiger charge is -1.95. The number of phenolic OH excluding ortho intramolecular Hbond substituents is 1. The lowest BCUT2D eigenvalue weighted by molar-refractivity contribution is 0.0702. The molecule has 0 saturated heterocycles. The number of benzene rings is 1. The first-order valence-corrected chi connectivity index (χ1v) is 5.03. The number of thiophene rings is 1. The first-order chi connectivity index (χ1) is 6.58. The van der Waals surface area contributed by atoms with Gasteiger partial charge in [0.1, 0.15) is 10.6 Å². The minimum absolute atomic E-state index is 0.0947. The highest BCUT2D eigenvalue weighted by Crippen LogP contribution is 2.33. The maximum absolute atomic E-state index is 10.7. The third-order valence-electron chi connectivity index (χ3n) is 1.79. The minimum Gasteiger partial charge on any atom is -0.508 e. The number of fused-ring (bicyclic) bond motifs is 1. The van der Waals surface area contributed by atoms with Gasteiger partial charge in [0.2, 0.25) is 0 Å². The van der Waals surface area contributed by atoms with E-state index in [1.54, 1.807) is 0 Å². The molecule has 2 N–H and O–H groups in total. The van der Waals surface area contributed by atoms with Crippen molar-refractivity contribution in [2.24, 2.45) is 0 Å². The Labute approximate surface area is 89.0 Å². The summed E-state index contributed by atoms with van der Waals surface area (Å²) in [6.45, 7) is 0. The normalized spacial score (nSPS) is 10.6. The van der Waals surface area contributed by atoms with Crippen molar-refractivity contribution in [2.75, 3.05) is 0 Å². The van der Waals surface area contributed by atoms with E-state index in [0.717, 1.165) is 16.0 Å². The molecule has 0 atom stereocenters. The average Bonchev–Trinajstić information content (AvgIpc) is 2.47. The zero-order valence-electron chi connectivity index (χ0n) is 6.89. The first kappa shape index (κ1) is 9.36. The number of carboxylic acid groups (broad SMARTS) is 1. The van der Waals surface area contributed by atoms with E-state index in [1.165, 1.54) is 18.2 Å². The van der Waals surface area contributed by atoms with Crippen molar-refractivity contribution in [2.45, 2.75) is 4.90 Å². The maximum Gasteiger partial charge on any atom is 0.345 e. The molecule has 1 aromatic carbocycles. The second-order valence-corrected chi connectivity index (χ2v) is 4.33. The molecule has 0 fully saturated rings. The molecule has 0 spiro atoms. The summed E-state index contributed by atoms with van der Waals surface area (Å²) in [5, 5.41) is 18.7. The summed E-state index contributed by atoms with van der Waals surface area (Å²) in [4.78, 5) is 11.5. The van der Waals surface area contributed by atoms with E-state index in [9.17, 15) is 9.90 Å². The van der Waals surface area contributed by atoms with Crippen molar-refractivity contribution >= 4 is 40.0 Å². The van der Waals surface area contributed by atoms with E-state index in [-0.39, 0.29) is 10.6 Å². The molecule has 0 amide bonds. The Kier molecular flexibility index (Phi) is 2.13. The summed E-state index contributed by atoms with van der Waals surface area (Å²) in [6, 6.07) is 4.55. The molecule has 1 heterocycles. The number of phenols is 1. The molecule has 2 aromatic rings. The second kappa shape index (κ2) is 3.18. The van der Waals surface area contributed by atoms with Crippen LogP contribution in [0.1, 0.15) is 9.67 Å². The number of hydrogen-bond acceptors (Lipinski definition) is 4. The molecule has 0 saturated carbocycles. The van der Waals surface area contributed by atoms with E-state index in [0.29, 0.717) is 10.3 Å². The number of aromatic carboxylic acids is 1. The van der Waals surface area contributed by atoms with E-state index in [1.807, 2.05) is 0 Å². The highest BCUT2D eigenvalue weighted by Gasteiger charge is 2.10. The fraction of sp³-hybridized carbons (Fsp3) is 0. The molecule has 0 aliphatic heterocycles. The Balaban J connectivity index is 2.76. The van der Waals surface area contributed by atoms with Crippen LogP contribution in [0.15, 0.2) is 23.1 Å². The Morgan fingerprint density at radius 2 is 2.07 bits per heavy atom. The number of thiol groups is 1. The van der Waals surface area contributed by atoms with E-state index in [4.69, 9.17) is 5.11 Å². The number of aromatic hydroxyl groups is 1. The Hall–Kier alpha value is -1.20. The molecule has 1 aromatic heterocycles. The van der Waals surface area contributed by atoms with Crippen LogP contribution in [-0.4, -0.2) is 16.2 Å². The maximum atomic E-state index is 10.7. The van der Waals surface area contributed by atoms with Crippen molar-refractivity contribution in [3.8, 4) is 5.75 Å². The molecule has 0 aliphatic carbocycles. The van der Waals surface area contributed by atoms with Crippen molar-refractivity contribution in [1.29, 1.82) is 0 Å². The van der Waals surface area contributed by atoms with E-state index < -0.39 is 5.97 Å². The molecule has 3 nitrogen and oxygen atoms in total. The predicted octanol–water partition coefficient (Wildman–Crippen LogP) is 2.59. The van der Waals surface area contributed by atoms with Gasteiger partial charge in [-0.25, -0.2) is 4.79 Å². The third kappa shape index (κ3) is 1.44. The van der Waals surface area contributed by atoms with Crippen LogP contribution in [0.2, 0.25) is 0 Å². The van der Waals surface area contributed by atoms with Gasteiger partial charge in [-0.15, -0.1) is 24.0 Å². The zero-order chi connectivity index (χ0) is 10.3. The van der Waals surface area contributed by atoms with Crippen molar-refractivity contribution in [1.82, 2.24) is 0 Å². The Morgan fingerprint density at radius 3 is 2.71 bits per heavy atom. The first-order valence-electron chi connectivity index (χ1n) is 3.77. The molecule has 14 heavy (non-hydrogen) atoms. The van der Waals surface area contributed by atoms with Gasteiger partial charge in [0.25, 0.3) is 0 Å². The van der Waals surface area contributed by atoms with Gasteiger partial charge in [-0.1, -0.05) is 0 Å². The summed E-state index contributed by atoms with van der Waals surface area (Å²) < 4.78 is 0.781. The van der Waals surface area contributed by atoms with Crippen LogP contribution < -0.4 is 0 Å². The molecule has 0 aliphatic rings. The smallest absolute Gasteiger partial charge is 0.345 e. The van der Waals surface area contributed by atoms with E-state index in [2.05, 4.69) is 12.6 Å².